The topological polar surface area (TPSA) is 55.4 Å². The number of esters is 1. The number of carbonyl (C=O) groups excluding carboxylic acids is 2. The Morgan fingerprint density at radius 1 is 1.41 bits per heavy atom. The van der Waals surface area contributed by atoms with Gasteiger partial charge in [-0.1, -0.05) is 29.7 Å². The molecule has 0 unspecified atom stereocenters. The second-order valence-electron chi connectivity index (χ2n) is 3.95. The average molecular weight is 229 g/mol. The molecule has 0 aromatic heterocycles. The van der Waals surface area contributed by atoms with Crippen LogP contribution in [0.15, 0.2) is 24.3 Å². The minimum atomic E-state index is -0.354. The monoisotopic (exact) mass is 229 g/mol. The van der Waals surface area contributed by atoms with Gasteiger partial charge in [0.05, 0.1) is 0 Å². The van der Waals surface area contributed by atoms with Gasteiger partial charge >= 0.3 is 5.97 Å². The molecule has 1 atom stereocenters. The highest BCUT2D eigenvalue weighted by Crippen LogP contribution is 2.09. The molecule has 0 amide bonds. The first kappa shape index (κ1) is 11.9. The minimum absolute atomic E-state index is 0.00602. The van der Waals surface area contributed by atoms with E-state index in [2.05, 4.69) is 5.32 Å². The predicted octanol–water partition coefficient (Wildman–Crippen LogP) is -0.0842. The molecular formula is C12H12BNO3. The average Bonchev–Trinajstić information content (AvgIpc) is 2.73. The number of benzene rings is 1. The maximum absolute atomic E-state index is 11.8. The number of Topliss-reactive ketones (excluding diaryl/α,β-unsaturated/α-hetero) is 1. The Labute approximate surface area is 101 Å². The molecule has 4 nitrogen and oxygen atoms in total. The zero-order valence-electron chi connectivity index (χ0n) is 9.31. The number of nitrogens with one attached hydrogen (secondary N) is 1. The van der Waals surface area contributed by atoms with Gasteiger partial charge in [0.2, 0.25) is 0 Å². The van der Waals surface area contributed by atoms with Gasteiger partial charge in [-0.15, -0.1) is 0 Å². The van der Waals surface area contributed by atoms with Crippen molar-refractivity contribution >= 4 is 25.1 Å². The lowest BCUT2D eigenvalue weighted by molar-refractivity contribution is -0.139. The lowest BCUT2D eigenvalue weighted by Gasteiger charge is -2.05. The lowest BCUT2D eigenvalue weighted by Crippen LogP contribution is -2.27. The fourth-order valence-electron chi connectivity index (χ4n) is 1.71. The smallest absolute Gasteiger partial charge is 0.324 e. The molecule has 1 heterocycles. The van der Waals surface area contributed by atoms with Crippen LogP contribution in [0.2, 0.25) is 0 Å². The minimum Gasteiger partial charge on any atom is -0.449 e. The van der Waals surface area contributed by atoms with E-state index in [1.165, 1.54) is 0 Å². The first-order chi connectivity index (χ1) is 8.16. The summed E-state index contributed by atoms with van der Waals surface area (Å²) < 4.78 is 4.74. The Kier molecular flexibility index (Phi) is 3.59. The van der Waals surface area contributed by atoms with Gasteiger partial charge in [0, 0.05) is 12.0 Å². The fraction of sp³-hybridized carbons (Fsp3) is 0.333. The van der Waals surface area contributed by atoms with Crippen LogP contribution < -0.4 is 10.8 Å². The first-order valence-electron chi connectivity index (χ1n) is 5.45. The SMILES string of the molecule is [B]c1ccc(C(=O)CC[C@@H]2NCOC2=O)cc1. The zero-order chi connectivity index (χ0) is 12.3. The molecule has 1 aromatic carbocycles. The number of hydrogen-bond donors (Lipinski definition) is 1. The van der Waals surface area contributed by atoms with E-state index in [4.69, 9.17) is 12.6 Å². The third kappa shape index (κ3) is 2.94. The van der Waals surface area contributed by atoms with Crippen LogP contribution in [0.1, 0.15) is 23.2 Å². The molecule has 0 bridgehead atoms. The Bertz CT molecular complexity index is 430. The molecule has 1 fully saturated rings. The molecule has 1 aromatic rings. The van der Waals surface area contributed by atoms with E-state index in [9.17, 15) is 9.59 Å². The quantitative estimate of drug-likeness (QED) is 0.445. The Morgan fingerprint density at radius 2 is 2.12 bits per heavy atom. The van der Waals surface area contributed by atoms with E-state index in [0.717, 1.165) is 0 Å². The standard InChI is InChI=1S/C12H12BNO3/c13-9-3-1-8(2-4-9)11(15)6-5-10-12(16)17-7-14-10/h1-4,10,14H,5-7H2/t10-/m0/s1. The van der Waals surface area contributed by atoms with Crippen LogP contribution in [-0.4, -0.2) is 32.4 Å². The van der Waals surface area contributed by atoms with Crippen LogP contribution >= 0.6 is 0 Å². The number of cyclic esters (lactones) is 1. The third-order valence-corrected chi connectivity index (χ3v) is 2.72. The van der Waals surface area contributed by atoms with E-state index in [-0.39, 0.29) is 24.5 Å². The summed E-state index contributed by atoms with van der Waals surface area (Å²) in [4.78, 5) is 23.0. The molecule has 0 aliphatic carbocycles. The van der Waals surface area contributed by atoms with Crippen molar-refractivity contribution in [2.75, 3.05) is 6.73 Å². The van der Waals surface area contributed by atoms with Gasteiger partial charge < -0.3 is 4.74 Å². The molecule has 1 N–H and O–H groups in total. The summed E-state index contributed by atoms with van der Waals surface area (Å²) in [6, 6.07) is 6.41. The van der Waals surface area contributed by atoms with E-state index in [1.807, 2.05) is 0 Å². The molecule has 2 rings (SSSR count). The van der Waals surface area contributed by atoms with Crippen molar-refractivity contribution in [2.24, 2.45) is 0 Å². The van der Waals surface area contributed by atoms with E-state index in [0.29, 0.717) is 23.9 Å². The van der Waals surface area contributed by atoms with Crippen LogP contribution in [-0.2, 0) is 9.53 Å². The molecule has 5 heteroatoms. The van der Waals surface area contributed by atoms with Crippen molar-refractivity contribution < 1.29 is 14.3 Å². The summed E-state index contributed by atoms with van der Waals surface area (Å²) in [5.41, 5.74) is 1.24. The van der Waals surface area contributed by atoms with Gasteiger partial charge in [-0.25, -0.2) is 0 Å². The molecule has 0 saturated carbocycles. The summed E-state index contributed by atoms with van der Waals surface area (Å²) in [6.07, 6.45) is 0.777. The lowest BCUT2D eigenvalue weighted by atomic mass is 9.94. The predicted molar refractivity (Wildman–Crippen MR) is 63.3 cm³/mol. The molecule has 1 saturated heterocycles. The largest absolute Gasteiger partial charge is 0.449 e. The van der Waals surface area contributed by atoms with Crippen molar-refractivity contribution in [1.29, 1.82) is 0 Å². The van der Waals surface area contributed by atoms with Crippen LogP contribution in [0.4, 0.5) is 0 Å². The normalized spacial score (nSPS) is 19.1. The third-order valence-electron chi connectivity index (χ3n) is 2.72. The van der Waals surface area contributed by atoms with Gasteiger partial charge in [-0.2, -0.15) is 0 Å². The van der Waals surface area contributed by atoms with E-state index >= 15 is 0 Å². The van der Waals surface area contributed by atoms with Crippen LogP contribution in [0.5, 0.6) is 0 Å². The molecular weight excluding hydrogens is 217 g/mol. The van der Waals surface area contributed by atoms with Gasteiger partial charge in [0.1, 0.15) is 20.6 Å². The van der Waals surface area contributed by atoms with Crippen molar-refractivity contribution in [3.8, 4) is 0 Å². The number of hydrogen-bond acceptors (Lipinski definition) is 4. The number of ketones is 1. The van der Waals surface area contributed by atoms with Gasteiger partial charge in [-0.05, 0) is 6.42 Å². The Balaban J connectivity index is 1.89. The molecule has 0 spiro atoms. The summed E-state index contributed by atoms with van der Waals surface area (Å²) in [5.74, 6) is -0.276. The highest BCUT2D eigenvalue weighted by molar-refractivity contribution is 6.32. The maximum Gasteiger partial charge on any atom is 0.324 e. The van der Waals surface area contributed by atoms with E-state index in [1.54, 1.807) is 24.3 Å². The number of ether oxygens (including phenoxy) is 1. The van der Waals surface area contributed by atoms with Crippen molar-refractivity contribution in [3.63, 3.8) is 0 Å². The highest BCUT2D eigenvalue weighted by atomic mass is 16.6. The van der Waals surface area contributed by atoms with E-state index < -0.39 is 0 Å². The Morgan fingerprint density at radius 3 is 2.71 bits per heavy atom. The van der Waals surface area contributed by atoms with Gasteiger partial charge in [0.15, 0.2) is 5.78 Å². The highest BCUT2D eigenvalue weighted by Gasteiger charge is 2.25. The van der Waals surface area contributed by atoms with Crippen molar-refractivity contribution in [1.82, 2.24) is 5.32 Å². The second-order valence-corrected chi connectivity index (χ2v) is 3.95. The van der Waals surface area contributed by atoms with Gasteiger partial charge in [-0.3, -0.25) is 14.9 Å². The summed E-state index contributed by atoms with van der Waals surface area (Å²) in [7, 11) is 5.54. The second kappa shape index (κ2) is 5.14. The Hall–Kier alpha value is -1.62. The van der Waals surface area contributed by atoms with Crippen molar-refractivity contribution in [2.45, 2.75) is 18.9 Å². The van der Waals surface area contributed by atoms with Gasteiger partial charge in [0.25, 0.3) is 0 Å². The first-order valence-corrected chi connectivity index (χ1v) is 5.45. The fourth-order valence-corrected chi connectivity index (χ4v) is 1.71. The molecule has 1 aliphatic rings. The summed E-state index contributed by atoms with van der Waals surface area (Å²) in [5, 5.41) is 2.88. The number of rotatable bonds is 4. The molecule has 86 valence electrons. The summed E-state index contributed by atoms with van der Waals surface area (Å²) >= 11 is 0. The van der Waals surface area contributed by atoms with Crippen LogP contribution in [0.25, 0.3) is 0 Å². The zero-order valence-corrected chi connectivity index (χ0v) is 9.31. The number of carbonyl (C=O) groups is 2. The maximum atomic E-state index is 11.8. The molecule has 17 heavy (non-hydrogen) atoms. The van der Waals surface area contributed by atoms with Crippen molar-refractivity contribution in [3.05, 3.63) is 29.8 Å². The molecule has 1 aliphatic heterocycles. The van der Waals surface area contributed by atoms with Crippen LogP contribution in [0, 0.1) is 0 Å². The summed E-state index contributed by atoms with van der Waals surface area (Å²) in [6.45, 7) is 0.236. The van der Waals surface area contributed by atoms with Crippen LogP contribution in [0.3, 0.4) is 0 Å². The molecule has 2 radical (unpaired) electrons.